The minimum atomic E-state index is -0.191. The number of nitrogens with two attached hydrogens (primary N) is 1. The number of nitrogens with one attached hydrogen (secondary N) is 1. The number of nitrogens with zero attached hydrogens (tertiary/aromatic N) is 6. The lowest BCUT2D eigenvalue weighted by atomic mass is 10.2. The molecule has 1 unspecified atom stereocenters. The van der Waals surface area contributed by atoms with Gasteiger partial charge >= 0.3 is 0 Å². The molecule has 0 aliphatic heterocycles. The molecule has 8 nitrogen and oxygen atoms in total. The fourth-order valence-corrected chi connectivity index (χ4v) is 1.21. The first-order chi connectivity index (χ1) is 9.47. The third-order valence-electron chi connectivity index (χ3n) is 2.23. The van der Waals surface area contributed by atoms with Crippen molar-refractivity contribution in [1.82, 2.24) is 14.9 Å². The average molecular weight is 272 g/mol. The lowest BCUT2D eigenvalue weighted by Gasteiger charge is -2.09. The lowest BCUT2D eigenvalue weighted by molar-refractivity contribution is 0.643. The standard InChI is InChI=1S/C12H16N8/c1-8(4-13)6-16-12-18-10(15)9(5-14)11(19-12)17-7-20(2)3/h7-8H,6H2,1-3H3,(H3,15,16,18,19). The van der Waals surface area contributed by atoms with Crippen molar-refractivity contribution in [2.24, 2.45) is 10.9 Å². The van der Waals surface area contributed by atoms with E-state index in [9.17, 15) is 0 Å². The lowest BCUT2D eigenvalue weighted by Crippen LogP contribution is -2.13. The van der Waals surface area contributed by atoms with Crippen LogP contribution in [0, 0.1) is 28.6 Å². The Morgan fingerprint density at radius 1 is 1.45 bits per heavy atom. The summed E-state index contributed by atoms with van der Waals surface area (Å²) in [5, 5.41) is 20.7. The first-order valence-corrected chi connectivity index (χ1v) is 5.89. The van der Waals surface area contributed by atoms with Gasteiger partial charge in [0, 0.05) is 20.6 Å². The molecule has 104 valence electrons. The maximum absolute atomic E-state index is 9.05. The molecule has 1 heterocycles. The Morgan fingerprint density at radius 2 is 2.15 bits per heavy atom. The van der Waals surface area contributed by atoms with Gasteiger partial charge in [-0.15, -0.1) is 0 Å². The molecule has 0 saturated heterocycles. The van der Waals surface area contributed by atoms with Gasteiger partial charge in [-0.05, 0) is 6.92 Å². The maximum atomic E-state index is 9.05. The molecule has 1 aromatic rings. The molecule has 0 aliphatic carbocycles. The average Bonchev–Trinajstić information content (AvgIpc) is 2.42. The summed E-state index contributed by atoms with van der Waals surface area (Å²) in [6, 6.07) is 4.02. The van der Waals surface area contributed by atoms with E-state index >= 15 is 0 Å². The van der Waals surface area contributed by atoms with Gasteiger partial charge in [-0.2, -0.15) is 20.5 Å². The number of anilines is 2. The van der Waals surface area contributed by atoms with Gasteiger partial charge in [0.25, 0.3) is 0 Å². The second-order valence-corrected chi connectivity index (χ2v) is 4.36. The van der Waals surface area contributed by atoms with E-state index in [-0.39, 0.29) is 29.1 Å². The zero-order valence-corrected chi connectivity index (χ0v) is 11.6. The van der Waals surface area contributed by atoms with Crippen LogP contribution in [0.2, 0.25) is 0 Å². The topological polar surface area (TPSA) is 127 Å². The Hall–Kier alpha value is -2.87. The van der Waals surface area contributed by atoms with E-state index in [2.05, 4.69) is 26.3 Å². The fourth-order valence-electron chi connectivity index (χ4n) is 1.21. The van der Waals surface area contributed by atoms with Gasteiger partial charge in [-0.3, -0.25) is 0 Å². The zero-order chi connectivity index (χ0) is 15.1. The van der Waals surface area contributed by atoms with Crippen molar-refractivity contribution in [3.05, 3.63) is 5.56 Å². The summed E-state index contributed by atoms with van der Waals surface area (Å²) in [4.78, 5) is 13.9. The summed E-state index contributed by atoms with van der Waals surface area (Å²) in [5.41, 5.74) is 5.84. The van der Waals surface area contributed by atoms with Crippen LogP contribution in [0.1, 0.15) is 12.5 Å². The number of hydrogen-bond acceptors (Lipinski definition) is 7. The van der Waals surface area contributed by atoms with Crippen LogP contribution in [0.15, 0.2) is 4.99 Å². The van der Waals surface area contributed by atoms with Crippen LogP contribution in [0.5, 0.6) is 0 Å². The van der Waals surface area contributed by atoms with E-state index in [0.29, 0.717) is 6.54 Å². The summed E-state index contributed by atoms with van der Waals surface area (Å²) in [5.74, 6) is 0.306. The van der Waals surface area contributed by atoms with Gasteiger partial charge in [0.2, 0.25) is 5.95 Å². The summed E-state index contributed by atoms with van der Waals surface area (Å²) in [7, 11) is 3.60. The van der Waals surface area contributed by atoms with E-state index < -0.39 is 0 Å². The van der Waals surface area contributed by atoms with Crippen molar-refractivity contribution >= 4 is 23.9 Å². The van der Waals surface area contributed by atoms with Crippen molar-refractivity contribution in [3.8, 4) is 12.1 Å². The van der Waals surface area contributed by atoms with Gasteiger partial charge in [-0.1, -0.05) is 0 Å². The van der Waals surface area contributed by atoms with E-state index in [4.69, 9.17) is 16.3 Å². The SMILES string of the molecule is CC(C#N)CNc1nc(N)c(C#N)c(N=CN(C)C)n1. The van der Waals surface area contributed by atoms with Crippen LogP contribution < -0.4 is 11.1 Å². The molecule has 0 spiro atoms. The number of aromatic nitrogens is 2. The molecule has 1 aromatic heterocycles. The minimum absolute atomic E-state index is 0.0560. The van der Waals surface area contributed by atoms with Crippen LogP contribution in [0.3, 0.4) is 0 Å². The fraction of sp³-hybridized carbons (Fsp3) is 0.417. The maximum Gasteiger partial charge on any atom is 0.226 e. The second-order valence-electron chi connectivity index (χ2n) is 4.36. The Bertz CT molecular complexity index is 578. The molecule has 8 heteroatoms. The van der Waals surface area contributed by atoms with Crippen molar-refractivity contribution in [2.75, 3.05) is 31.7 Å². The number of aliphatic imine (C=N–C) groups is 1. The van der Waals surface area contributed by atoms with Crippen LogP contribution in [-0.2, 0) is 0 Å². The van der Waals surface area contributed by atoms with Gasteiger partial charge < -0.3 is 16.0 Å². The number of rotatable bonds is 5. The largest absolute Gasteiger partial charge is 0.382 e. The highest BCUT2D eigenvalue weighted by atomic mass is 15.2. The molecule has 0 saturated carbocycles. The first kappa shape index (κ1) is 15.2. The van der Waals surface area contributed by atoms with Crippen molar-refractivity contribution in [3.63, 3.8) is 0 Å². The second kappa shape index (κ2) is 6.90. The molecule has 0 aliphatic rings. The zero-order valence-electron chi connectivity index (χ0n) is 11.6. The molecule has 0 bridgehead atoms. The van der Waals surface area contributed by atoms with E-state index in [1.165, 1.54) is 6.34 Å². The quantitative estimate of drug-likeness (QED) is 0.597. The van der Waals surface area contributed by atoms with Gasteiger partial charge in [0.1, 0.15) is 17.5 Å². The third-order valence-corrected chi connectivity index (χ3v) is 2.23. The Balaban J connectivity index is 3.06. The van der Waals surface area contributed by atoms with Crippen molar-refractivity contribution < 1.29 is 0 Å². The van der Waals surface area contributed by atoms with Crippen LogP contribution in [0.25, 0.3) is 0 Å². The van der Waals surface area contributed by atoms with Gasteiger partial charge in [0.05, 0.1) is 18.3 Å². The molecule has 1 atom stereocenters. The number of nitrogen functional groups attached to an aromatic ring is 1. The molecule has 3 N–H and O–H groups in total. The monoisotopic (exact) mass is 272 g/mol. The van der Waals surface area contributed by atoms with Crippen LogP contribution >= 0.6 is 0 Å². The molecule has 1 rings (SSSR count). The first-order valence-electron chi connectivity index (χ1n) is 5.89. The number of hydrogen-bond donors (Lipinski definition) is 2. The molecular formula is C12H16N8. The van der Waals surface area contributed by atoms with E-state index in [1.807, 2.05) is 6.07 Å². The van der Waals surface area contributed by atoms with Crippen LogP contribution in [0.4, 0.5) is 17.6 Å². The molecular weight excluding hydrogens is 256 g/mol. The Labute approximate surface area is 117 Å². The minimum Gasteiger partial charge on any atom is -0.382 e. The normalized spacial score (nSPS) is 11.7. The molecule has 0 aromatic carbocycles. The predicted octanol–water partition coefficient (Wildman–Crippen LogP) is 0.723. The summed E-state index contributed by atoms with van der Waals surface area (Å²) < 4.78 is 0. The summed E-state index contributed by atoms with van der Waals surface area (Å²) in [6.45, 7) is 2.16. The van der Waals surface area contributed by atoms with Crippen molar-refractivity contribution in [2.45, 2.75) is 6.92 Å². The molecule has 0 radical (unpaired) electrons. The highest BCUT2D eigenvalue weighted by molar-refractivity contribution is 5.68. The smallest absolute Gasteiger partial charge is 0.226 e. The molecule has 20 heavy (non-hydrogen) atoms. The predicted molar refractivity (Wildman–Crippen MR) is 76.3 cm³/mol. The highest BCUT2D eigenvalue weighted by Gasteiger charge is 2.12. The molecule has 0 amide bonds. The van der Waals surface area contributed by atoms with E-state index in [1.54, 1.807) is 25.9 Å². The van der Waals surface area contributed by atoms with E-state index in [0.717, 1.165) is 0 Å². The summed E-state index contributed by atoms with van der Waals surface area (Å²) >= 11 is 0. The Kier molecular flexibility index (Phi) is 5.24. The third kappa shape index (κ3) is 4.10. The molecule has 0 fully saturated rings. The summed E-state index contributed by atoms with van der Waals surface area (Å²) in [6.07, 6.45) is 1.52. The van der Waals surface area contributed by atoms with Gasteiger partial charge in [0.15, 0.2) is 5.82 Å². The highest BCUT2D eigenvalue weighted by Crippen LogP contribution is 2.22. The Morgan fingerprint density at radius 3 is 2.70 bits per heavy atom. The number of nitriles is 2. The van der Waals surface area contributed by atoms with Gasteiger partial charge in [-0.25, -0.2) is 4.99 Å². The van der Waals surface area contributed by atoms with Crippen LogP contribution in [-0.4, -0.2) is 41.8 Å². The van der Waals surface area contributed by atoms with Crippen molar-refractivity contribution in [1.29, 1.82) is 10.5 Å².